The lowest BCUT2D eigenvalue weighted by Crippen LogP contribution is -2.36. The van der Waals surface area contributed by atoms with E-state index in [-0.39, 0.29) is 12.5 Å². The van der Waals surface area contributed by atoms with Gasteiger partial charge in [0.2, 0.25) is 5.91 Å². The summed E-state index contributed by atoms with van der Waals surface area (Å²) in [6.45, 7) is 3.02. The van der Waals surface area contributed by atoms with Crippen LogP contribution in [0.5, 0.6) is 0 Å². The lowest BCUT2D eigenvalue weighted by Gasteiger charge is -2.28. The molecule has 3 aromatic rings. The van der Waals surface area contributed by atoms with Crippen molar-refractivity contribution in [1.29, 1.82) is 0 Å². The highest BCUT2D eigenvalue weighted by molar-refractivity contribution is 7.11. The highest BCUT2D eigenvalue weighted by Crippen LogP contribution is 2.37. The van der Waals surface area contributed by atoms with Gasteiger partial charge in [0.15, 0.2) is 5.01 Å². The van der Waals surface area contributed by atoms with Crippen LogP contribution in [0.4, 0.5) is 13.2 Å². The minimum atomic E-state index is -4.45. The van der Waals surface area contributed by atoms with Crippen molar-refractivity contribution < 1.29 is 18.0 Å². The molecule has 0 aromatic carbocycles. The molecule has 1 saturated carbocycles. The summed E-state index contributed by atoms with van der Waals surface area (Å²) >= 11 is 0.685. The van der Waals surface area contributed by atoms with Crippen LogP contribution in [0.25, 0.3) is 11.0 Å². The van der Waals surface area contributed by atoms with E-state index in [1.54, 1.807) is 13.1 Å². The number of aromatic nitrogens is 3. The Morgan fingerprint density at radius 2 is 2.12 bits per heavy atom. The number of amides is 1. The molecular weight excluding hydrogens is 437 g/mol. The van der Waals surface area contributed by atoms with Crippen LogP contribution in [0.1, 0.15) is 58.9 Å². The Bertz CT molecular complexity index is 1160. The van der Waals surface area contributed by atoms with Crippen molar-refractivity contribution >= 4 is 28.3 Å². The third-order valence-corrected chi connectivity index (χ3v) is 7.69. The van der Waals surface area contributed by atoms with E-state index in [1.165, 1.54) is 12.8 Å². The zero-order chi connectivity index (χ0) is 22.5. The number of pyridine rings is 1. The maximum atomic E-state index is 13.2. The molecule has 0 saturated heterocycles. The largest absolute Gasteiger partial charge is 0.443 e. The number of thiazole rings is 1. The molecule has 0 spiro atoms. The number of halogens is 3. The van der Waals surface area contributed by atoms with E-state index >= 15 is 0 Å². The number of rotatable bonds is 6. The van der Waals surface area contributed by atoms with Crippen LogP contribution in [0, 0.1) is 12.8 Å². The molecule has 3 aromatic heterocycles. The third kappa shape index (κ3) is 4.14. The molecular formula is C23H25F3N4OS. The molecule has 32 heavy (non-hydrogen) atoms. The Morgan fingerprint density at radius 1 is 1.31 bits per heavy atom. The van der Waals surface area contributed by atoms with Crippen LogP contribution < -0.4 is 0 Å². The minimum absolute atomic E-state index is 0.161. The van der Waals surface area contributed by atoms with Crippen LogP contribution >= 0.6 is 11.3 Å². The first-order valence-corrected chi connectivity index (χ1v) is 11.9. The first-order chi connectivity index (χ1) is 15.3. The van der Waals surface area contributed by atoms with Gasteiger partial charge in [-0.2, -0.15) is 13.2 Å². The molecule has 170 valence electrons. The second-order valence-corrected chi connectivity index (χ2v) is 9.90. The Labute approximate surface area is 188 Å². The number of aryl methyl sites for hydroxylation is 1. The average molecular weight is 463 g/mol. The van der Waals surface area contributed by atoms with E-state index in [2.05, 4.69) is 9.97 Å². The van der Waals surface area contributed by atoms with Gasteiger partial charge in [0.25, 0.3) is 0 Å². The van der Waals surface area contributed by atoms with Crippen molar-refractivity contribution in [3.8, 4) is 0 Å². The van der Waals surface area contributed by atoms with Crippen molar-refractivity contribution in [3.63, 3.8) is 0 Å². The van der Waals surface area contributed by atoms with Gasteiger partial charge in [-0.1, -0.05) is 12.8 Å². The van der Waals surface area contributed by atoms with E-state index in [0.717, 1.165) is 47.5 Å². The Balaban J connectivity index is 1.44. The van der Waals surface area contributed by atoms with E-state index in [9.17, 15) is 18.0 Å². The minimum Gasteiger partial charge on any atom is -0.337 e. The summed E-state index contributed by atoms with van der Waals surface area (Å²) in [5.41, 5.74) is 3.26. The predicted octanol–water partition coefficient (Wildman–Crippen LogP) is 5.33. The van der Waals surface area contributed by atoms with Gasteiger partial charge in [-0.15, -0.1) is 11.3 Å². The summed E-state index contributed by atoms with van der Waals surface area (Å²) in [6.07, 6.45) is 3.18. The summed E-state index contributed by atoms with van der Waals surface area (Å²) in [4.78, 5) is 23.6. The van der Waals surface area contributed by atoms with Crippen LogP contribution in [0.2, 0.25) is 0 Å². The van der Waals surface area contributed by atoms with Crippen molar-refractivity contribution in [1.82, 2.24) is 19.4 Å². The molecule has 2 aliphatic rings. The topological polar surface area (TPSA) is 51.0 Å². The Morgan fingerprint density at radius 3 is 2.84 bits per heavy atom. The van der Waals surface area contributed by atoms with Crippen molar-refractivity contribution in [2.75, 3.05) is 6.54 Å². The van der Waals surface area contributed by atoms with Crippen LogP contribution in [-0.2, 0) is 30.5 Å². The summed E-state index contributed by atoms with van der Waals surface area (Å²) in [5.74, 6) is 0.975. The fourth-order valence-electron chi connectivity index (χ4n) is 4.59. The summed E-state index contributed by atoms with van der Waals surface area (Å²) in [7, 11) is 0. The number of fused-ring (bicyclic) bond motifs is 3. The van der Waals surface area contributed by atoms with Gasteiger partial charge in [-0.25, -0.2) is 9.97 Å². The van der Waals surface area contributed by atoms with Gasteiger partial charge in [-0.3, -0.25) is 4.79 Å². The zero-order valence-electron chi connectivity index (χ0n) is 17.9. The summed E-state index contributed by atoms with van der Waals surface area (Å²) in [5, 5.41) is 0.192. The fourth-order valence-corrected chi connectivity index (χ4v) is 5.51. The molecule has 5 rings (SSSR count). The number of alkyl halides is 3. The molecule has 0 bridgehead atoms. The van der Waals surface area contributed by atoms with E-state index in [0.29, 0.717) is 41.4 Å². The fraction of sp³-hybridized carbons (Fsp3) is 0.522. The predicted molar refractivity (Wildman–Crippen MR) is 116 cm³/mol. The molecule has 0 unspecified atom stereocenters. The maximum absolute atomic E-state index is 13.2. The Hall–Kier alpha value is -2.42. The SMILES string of the molecule is Cc1nc(C(F)(F)F)sc1Cn1c2c(c3cccnc31)CCN(C(=O)CCCC1CC1)C2. The van der Waals surface area contributed by atoms with Gasteiger partial charge in [0.05, 0.1) is 18.8 Å². The molecule has 9 heteroatoms. The van der Waals surface area contributed by atoms with Gasteiger partial charge < -0.3 is 9.47 Å². The summed E-state index contributed by atoms with van der Waals surface area (Å²) < 4.78 is 41.5. The molecule has 4 heterocycles. The highest BCUT2D eigenvalue weighted by atomic mass is 32.1. The van der Waals surface area contributed by atoms with Gasteiger partial charge in [0.1, 0.15) is 5.65 Å². The van der Waals surface area contributed by atoms with Crippen LogP contribution in [-0.4, -0.2) is 31.9 Å². The maximum Gasteiger partial charge on any atom is 0.443 e. The van der Waals surface area contributed by atoms with Crippen molar-refractivity contribution in [2.45, 2.75) is 64.7 Å². The molecule has 1 aliphatic heterocycles. The smallest absolute Gasteiger partial charge is 0.337 e. The molecule has 0 atom stereocenters. The molecule has 0 radical (unpaired) electrons. The number of nitrogens with zero attached hydrogens (tertiary/aromatic N) is 4. The van der Waals surface area contributed by atoms with Crippen LogP contribution in [0.3, 0.4) is 0 Å². The van der Waals surface area contributed by atoms with Crippen LogP contribution in [0.15, 0.2) is 18.3 Å². The first kappa shape index (κ1) is 21.4. The Kier molecular flexibility index (Phi) is 5.47. The normalized spacial score (nSPS) is 16.6. The second kappa shape index (κ2) is 8.17. The van der Waals surface area contributed by atoms with Gasteiger partial charge in [0, 0.05) is 35.1 Å². The number of carbonyl (C=O) groups excluding carboxylic acids is 1. The van der Waals surface area contributed by atoms with Gasteiger partial charge >= 0.3 is 6.18 Å². The van der Waals surface area contributed by atoms with Crippen molar-refractivity contribution in [3.05, 3.63) is 45.2 Å². The van der Waals surface area contributed by atoms with Crippen molar-refractivity contribution in [2.24, 2.45) is 5.92 Å². The molecule has 0 N–H and O–H groups in total. The second-order valence-electron chi connectivity index (χ2n) is 8.81. The molecule has 1 amide bonds. The van der Waals surface area contributed by atoms with Gasteiger partial charge in [-0.05, 0) is 49.8 Å². The molecule has 1 fully saturated rings. The monoisotopic (exact) mass is 462 g/mol. The first-order valence-electron chi connectivity index (χ1n) is 11.1. The zero-order valence-corrected chi connectivity index (χ0v) is 18.7. The highest BCUT2D eigenvalue weighted by Gasteiger charge is 2.36. The van der Waals surface area contributed by atoms with E-state index in [1.807, 2.05) is 21.6 Å². The van der Waals surface area contributed by atoms with E-state index < -0.39 is 11.2 Å². The van der Waals surface area contributed by atoms with E-state index in [4.69, 9.17) is 0 Å². The quantitative estimate of drug-likeness (QED) is 0.497. The lowest BCUT2D eigenvalue weighted by atomic mass is 10.0. The number of carbonyl (C=O) groups is 1. The molecule has 1 aliphatic carbocycles. The number of hydrogen-bond acceptors (Lipinski definition) is 4. The lowest BCUT2D eigenvalue weighted by molar-refractivity contribution is -0.137. The summed E-state index contributed by atoms with van der Waals surface area (Å²) in [6, 6.07) is 3.88. The number of hydrogen-bond donors (Lipinski definition) is 0. The molecule has 5 nitrogen and oxygen atoms in total. The third-order valence-electron chi connectivity index (χ3n) is 6.50. The average Bonchev–Trinajstić information content (AvgIpc) is 3.43. The standard InChI is InChI=1S/C23H25F3N4OS/c1-14-19(32-22(28-14)23(24,25)26)13-30-18-12-29(20(31)6-2-4-15-7-8-15)11-9-16(18)17-5-3-10-27-21(17)30/h3,5,10,15H,2,4,6-9,11-13H2,1H3.